The molecule has 0 spiro atoms. The van der Waals surface area contributed by atoms with Gasteiger partial charge < -0.3 is 19.2 Å². The maximum Gasteiger partial charge on any atom is 0.338 e. The van der Waals surface area contributed by atoms with Crippen molar-refractivity contribution in [2.75, 3.05) is 25.6 Å². The average molecular weight is 540 g/mol. The van der Waals surface area contributed by atoms with Gasteiger partial charge in [-0.1, -0.05) is 24.3 Å². The molecule has 1 fully saturated rings. The number of furan rings is 1. The lowest BCUT2D eigenvalue weighted by molar-refractivity contribution is -0.139. The number of carbonyl (C=O) groups excluding carboxylic acids is 2. The molecule has 1 amide bonds. The van der Waals surface area contributed by atoms with E-state index < -0.39 is 18.0 Å². The lowest BCUT2D eigenvalue weighted by atomic mass is 9.94. The highest BCUT2D eigenvalue weighted by Crippen LogP contribution is 2.41. The Labute approximate surface area is 231 Å². The van der Waals surface area contributed by atoms with Crippen LogP contribution in [0.25, 0.3) is 17.4 Å². The van der Waals surface area contributed by atoms with Gasteiger partial charge in [-0.2, -0.15) is 0 Å². The Kier molecular flexibility index (Phi) is 7.13. The number of ether oxygens (including phenoxy) is 1. The first kappa shape index (κ1) is 26.7. The first-order chi connectivity index (χ1) is 19.2. The summed E-state index contributed by atoms with van der Waals surface area (Å²) in [6.45, 7) is 3.70. The quantitative estimate of drug-likeness (QED) is 0.320. The highest BCUT2D eigenvalue weighted by Gasteiger charge is 2.44. The normalized spacial score (nSPS) is 17.6. The van der Waals surface area contributed by atoms with E-state index in [0.29, 0.717) is 39.8 Å². The third kappa shape index (κ3) is 4.93. The lowest BCUT2D eigenvalue weighted by Gasteiger charge is -2.33. The lowest BCUT2D eigenvalue weighted by Crippen LogP contribution is -2.39. The van der Waals surface area contributed by atoms with Crippen LogP contribution in [0.2, 0.25) is 0 Å². The number of anilines is 1. The molecule has 2 aromatic carbocycles. The van der Waals surface area contributed by atoms with E-state index in [9.17, 15) is 19.5 Å². The van der Waals surface area contributed by atoms with E-state index in [1.807, 2.05) is 43.3 Å². The molecule has 2 aliphatic heterocycles. The molecule has 1 atom stereocenters. The molecular weight excluding hydrogens is 510 g/mol. The zero-order valence-corrected chi connectivity index (χ0v) is 22.7. The Balaban J connectivity index is 1.50. The maximum atomic E-state index is 13.8. The number of carbonyl (C=O) groups is 3. The molecule has 1 unspecified atom stereocenters. The SMILES string of the molecule is CCOC(=O)C1=C(C)N=C2C/C(=C\c3ccc(-c4cccc(C(=O)O)c4)o3)C(=O)N2C1c1ccc(N(C)C)cc1. The summed E-state index contributed by atoms with van der Waals surface area (Å²) in [5.74, 6) is -0.334. The van der Waals surface area contributed by atoms with Gasteiger partial charge >= 0.3 is 11.9 Å². The fourth-order valence-corrected chi connectivity index (χ4v) is 4.96. The van der Waals surface area contributed by atoms with Crippen LogP contribution >= 0.6 is 0 Å². The van der Waals surface area contributed by atoms with Crippen molar-refractivity contribution in [2.45, 2.75) is 26.3 Å². The molecule has 1 N–H and O–H groups in total. The van der Waals surface area contributed by atoms with Crippen LogP contribution in [-0.2, 0) is 14.3 Å². The summed E-state index contributed by atoms with van der Waals surface area (Å²) in [4.78, 5) is 46.4. The molecule has 0 bridgehead atoms. The minimum absolute atomic E-state index is 0.152. The van der Waals surface area contributed by atoms with E-state index in [4.69, 9.17) is 9.15 Å². The summed E-state index contributed by atoms with van der Waals surface area (Å²) in [5, 5.41) is 9.30. The molecule has 3 aromatic rings. The third-order valence-electron chi connectivity index (χ3n) is 6.90. The van der Waals surface area contributed by atoms with E-state index in [0.717, 1.165) is 11.3 Å². The first-order valence-electron chi connectivity index (χ1n) is 12.9. The molecule has 204 valence electrons. The first-order valence-corrected chi connectivity index (χ1v) is 12.9. The van der Waals surface area contributed by atoms with Crippen LogP contribution < -0.4 is 4.90 Å². The number of hydrogen-bond donors (Lipinski definition) is 1. The molecule has 40 heavy (non-hydrogen) atoms. The zero-order chi connectivity index (χ0) is 28.6. The van der Waals surface area contributed by atoms with Crippen molar-refractivity contribution < 1.29 is 28.6 Å². The van der Waals surface area contributed by atoms with Gasteiger partial charge in [0.1, 0.15) is 17.4 Å². The summed E-state index contributed by atoms with van der Waals surface area (Å²) >= 11 is 0. The number of fused-ring (bicyclic) bond motifs is 1. The van der Waals surface area contributed by atoms with Crippen LogP contribution in [0.1, 0.15) is 48.0 Å². The molecule has 0 saturated carbocycles. The predicted molar refractivity (Wildman–Crippen MR) is 151 cm³/mol. The second-order valence-electron chi connectivity index (χ2n) is 9.75. The smallest absolute Gasteiger partial charge is 0.338 e. The summed E-state index contributed by atoms with van der Waals surface area (Å²) in [7, 11) is 3.89. The number of benzene rings is 2. The Morgan fingerprint density at radius 3 is 2.58 bits per heavy atom. The number of nitrogens with zero attached hydrogens (tertiary/aromatic N) is 3. The molecule has 1 saturated heterocycles. The number of amidine groups is 1. The van der Waals surface area contributed by atoms with Crippen molar-refractivity contribution >= 4 is 35.4 Å². The number of amides is 1. The Morgan fingerprint density at radius 2 is 1.90 bits per heavy atom. The number of hydrogen-bond acceptors (Lipinski definition) is 7. The van der Waals surface area contributed by atoms with Gasteiger partial charge in [-0.05, 0) is 61.9 Å². The number of aromatic carboxylic acids is 1. The third-order valence-corrected chi connectivity index (χ3v) is 6.90. The van der Waals surface area contributed by atoms with Gasteiger partial charge in [0.05, 0.1) is 29.5 Å². The van der Waals surface area contributed by atoms with Crippen LogP contribution in [0, 0.1) is 0 Å². The van der Waals surface area contributed by atoms with Crippen molar-refractivity contribution in [3.05, 3.63) is 94.4 Å². The standard InChI is InChI=1S/C31H29N3O6/c1-5-39-31(38)27-18(2)32-26-17-22(29(35)34(26)28(27)19-9-11-23(12-10-19)33(3)4)16-24-13-14-25(40-24)20-7-6-8-21(15-20)30(36)37/h6-16,28H,5,17H2,1-4H3,(H,36,37)/b22-16+. The van der Waals surface area contributed by atoms with Gasteiger partial charge in [0, 0.05) is 37.3 Å². The van der Waals surface area contributed by atoms with Crippen molar-refractivity contribution in [1.29, 1.82) is 0 Å². The summed E-state index contributed by atoms with van der Waals surface area (Å²) in [6.07, 6.45) is 1.93. The topological polar surface area (TPSA) is 113 Å². The Hall–Kier alpha value is -4.92. The van der Waals surface area contributed by atoms with Crippen LogP contribution in [0.15, 0.2) is 86.9 Å². The van der Waals surface area contributed by atoms with Gasteiger partial charge in [-0.15, -0.1) is 0 Å². The number of carboxylic acids is 1. The Bertz CT molecular complexity index is 1590. The summed E-state index contributed by atoms with van der Waals surface area (Å²) in [5.41, 5.74) is 3.84. The average Bonchev–Trinajstić information content (AvgIpc) is 3.52. The number of rotatable bonds is 7. The largest absolute Gasteiger partial charge is 0.478 e. The number of aliphatic imine (C=N–C) groups is 1. The van der Waals surface area contributed by atoms with Crippen LogP contribution in [0.4, 0.5) is 5.69 Å². The van der Waals surface area contributed by atoms with Crippen molar-refractivity contribution in [3.8, 4) is 11.3 Å². The molecule has 0 radical (unpaired) electrons. The highest BCUT2D eigenvalue weighted by atomic mass is 16.5. The molecule has 2 aliphatic rings. The van der Waals surface area contributed by atoms with Crippen molar-refractivity contribution in [3.63, 3.8) is 0 Å². The van der Waals surface area contributed by atoms with Crippen molar-refractivity contribution in [2.24, 2.45) is 4.99 Å². The van der Waals surface area contributed by atoms with E-state index >= 15 is 0 Å². The number of esters is 1. The minimum atomic E-state index is -1.03. The molecule has 1 aromatic heterocycles. The van der Waals surface area contributed by atoms with E-state index in [2.05, 4.69) is 4.99 Å². The van der Waals surface area contributed by atoms with Gasteiger partial charge in [0.15, 0.2) is 0 Å². The minimum Gasteiger partial charge on any atom is -0.478 e. The van der Waals surface area contributed by atoms with Gasteiger partial charge in [-0.25, -0.2) is 14.6 Å². The second-order valence-corrected chi connectivity index (χ2v) is 9.75. The van der Waals surface area contributed by atoms with E-state index in [-0.39, 0.29) is 24.5 Å². The van der Waals surface area contributed by atoms with E-state index in [1.54, 1.807) is 49.1 Å². The van der Waals surface area contributed by atoms with Gasteiger partial charge in [-0.3, -0.25) is 9.69 Å². The molecule has 9 nitrogen and oxygen atoms in total. The molecule has 9 heteroatoms. The molecule has 5 rings (SSSR count). The predicted octanol–water partition coefficient (Wildman–Crippen LogP) is 5.32. The second kappa shape index (κ2) is 10.7. The molecule has 3 heterocycles. The zero-order valence-electron chi connectivity index (χ0n) is 22.7. The van der Waals surface area contributed by atoms with Crippen LogP contribution in [-0.4, -0.2) is 54.4 Å². The number of carboxylic acid groups (broad SMARTS) is 1. The Morgan fingerprint density at radius 1 is 1.15 bits per heavy atom. The van der Waals surface area contributed by atoms with Gasteiger partial charge in [0.2, 0.25) is 0 Å². The monoisotopic (exact) mass is 539 g/mol. The summed E-state index contributed by atoms with van der Waals surface area (Å²) < 4.78 is 11.3. The fourth-order valence-electron chi connectivity index (χ4n) is 4.96. The summed E-state index contributed by atoms with van der Waals surface area (Å²) in [6, 6.07) is 16.9. The number of allylic oxidation sites excluding steroid dienone is 1. The van der Waals surface area contributed by atoms with Crippen LogP contribution in [0.3, 0.4) is 0 Å². The molecular formula is C31H29N3O6. The maximum absolute atomic E-state index is 13.8. The van der Waals surface area contributed by atoms with Crippen LogP contribution in [0.5, 0.6) is 0 Å². The van der Waals surface area contributed by atoms with E-state index in [1.165, 1.54) is 12.1 Å². The van der Waals surface area contributed by atoms with Gasteiger partial charge in [0.25, 0.3) is 5.91 Å². The van der Waals surface area contributed by atoms with Crippen molar-refractivity contribution in [1.82, 2.24) is 4.90 Å². The highest BCUT2D eigenvalue weighted by molar-refractivity contribution is 6.19. The molecule has 0 aliphatic carbocycles. The fraction of sp³-hybridized carbons (Fsp3) is 0.226.